The second-order valence-corrected chi connectivity index (χ2v) is 9.61. The number of aromatic nitrogens is 2. The van der Waals surface area contributed by atoms with Crippen molar-refractivity contribution in [2.45, 2.75) is 31.6 Å². The Morgan fingerprint density at radius 3 is 2.36 bits per heavy atom. The van der Waals surface area contributed by atoms with E-state index < -0.39 is 0 Å². The third-order valence-electron chi connectivity index (χ3n) is 7.14. The molecule has 0 radical (unpaired) electrons. The smallest absolute Gasteiger partial charge is 0.259 e. The van der Waals surface area contributed by atoms with Gasteiger partial charge in [0.25, 0.3) is 11.6 Å². The first-order chi connectivity index (χ1) is 17.6. The lowest BCUT2D eigenvalue weighted by Crippen LogP contribution is -2.38. The molecule has 2 aromatic carbocycles. The molecule has 1 aliphatic carbocycles. The van der Waals surface area contributed by atoms with Gasteiger partial charge in [0.2, 0.25) is 5.91 Å². The molecule has 8 nitrogen and oxygen atoms in total. The van der Waals surface area contributed by atoms with Crippen molar-refractivity contribution in [3.05, 3.63) is 71.9 Å². The van der Waals surface area contributed by atoms with E-state index in [0.717, 1.165) is 55.7 Å². The molecular formula is C28H27N5O3. The average molecular weight is 482 g/mol. The van der Waals surface area contributed by atoms with Crippen LogP contribution in [0.5, 0.6) is 0 Å². The van der Waals surface area contributed by atoms with Crippen molar-refractivity contribution in [1.29, 1.82) is 0 Å². The van der Waals surface area contributed by atoms with E-state index in [4.69, 9.17) is 10.3 Å². The van der Waals surface area contributed by atoms with Crippen LogP contribution >= 0.6 is 0 Å². The van der Waals surface area contributed by atoms with Crippen LogP contribution in [0.4, 0.5) is 11.4 Å². The Morgan fingerprint density at radius 2 is 1.69 bits per heavy atom. The maximum atomic E-state index is 13.5. The molecule has 8 heteroatoms. The number of fused-ring (bicyclic) bond motifs is 1. The Bertz CT molecular complexity index is 1420. The Morgan fingerprint density at radius 1 is 0.972 bits per heavy atom. The molecule has 2 fully saturated rings. The summed E-state index contributed by atoms with van der Waals surface area (Å²) < 4.78 is 5.59. The van der Waals surface area contributed by atoms with Crippen molar-refractivity contribution < 1.29 is 14.1 Å². The number of piperidine rings is 1. The van der Waals surface area contributed by atoms with Crippen LogP contribution in [-0.4, -0.2) is 35.0 Å². The van der Waals surface area contributed by atoms with E-state index >= 15 is 0 Å². The van der Waals surface area contributed by atoms with Crippen LogP contribution in [0.15, 0.2) is 65.2 Å². The molecule has 2 aliphatic rings. The maximum Gasteiger partial charge on any atom is 0.259 e. The minimum absolute atomic E-state index is 0.0456. The lowest BCUT2D eigenvalue weighted by molar-refractivity contribution is -0.122. The number of anilines is 2. The zero-order valence-corrected chi connectivity index (χ0v) is 19.8. The van der Waals surface area contributed by atoms with Crippen LogP contribution in [0.25, 0.3) is 22.4 Å². The number of nitrogens with two attached hydrogens (primary N) is 1. The second-order valence-electron chi connectivity index (χ2n) is 9.61. The minimum atomic E-state index is -0.222. The van der Waals surface area contributed by atoms with E-state index in [0.29, 0.717) is 34.0 Å². The van der Waals surface area contributed by atoms with Crippen molar-refractivity contribution in [2.24, 2.45) is 11.7 Å². The van der Waals surface area contributed by atoms with Gasteiger partial charge in [0.15, 0.2) is 0 Å². The molecule has 0 atom stereocenters. The highest BCUT2D eigenvalue weighted by molar-refractivity contribution is 6.14. The van der Waals surface area contributed by atoms with Crippen LogP contribution in [0, 0.1) is 5.92 Å². The van der Waals surface area contributed by atoms with Crippen molar-refractivity contribution in [1.82, 2.24) is 10.1 Å². The number of carbonyl (C=O) groups is 2. The molecule has 1 saturated heterocycles. The summed E-state index contributed by atoms with van der Waals surface area (Å²) in [4.78, 5) is 31.9. The number of nitrogens with one attached hydrogen (secondary N) is 1. The number of carbonyl (C=O) groups excluding carboxylic acids is 2. The number of hydrogen-bond donors (Lipinski definition) is 2. The van der Waals surface area contributed by atoms with Gasteiger partial charge in [-0.3, -0.25) is 9.59 Å². The van der Waals surface area contributed by atoms with Crippen LogP contribution in [0.2, 0.25) is 0 Å². The molecule has 1 saturated carbocycles. The minimum Gasteiger partial charge on any atom is -0.371 e. The molecule has 4 aromatic rings. The zero-order valence-electron chi connectivity index (χ0n) is 19.8. The standard InChI is InChI=1S/C28H27N5O3/c29-26(34)19-12-14-33(15-13-19)21-10-8-20(9-11-21)30-27(35)22-16-23(17-6-7-17)31-28-24(22)25(32-36-28)18-4-2-1-3-5-18/h1-5,8-11,16-17,19H,6-7,12-15H2,(H2,29,34)(H,30,35). The van der Waals surface area contributed by atoms with Crippen molar-refractivity contribution in [2.75, 3.05) is 23.3 Å². The highest BCUT2D eigenvalue weighted by Gasteiger charge is 2.29. The summed E-state index contributed by atoms with van der Waals surface area (Å²) in [5, 5.41) is 7.93. The lowest BCUT2D eigenvalue weighted by atomic mass is 9.96. The Balaban J connectivity index is 1.26. The number of benzene rings is 2. The number of nitrogens with zero attached hydrogens (tertiary/aromatic N) is 3. The molecule has 3 N–H and O–H groups in total. The van der Waals surface area contributed by atoms with Gasteiger partial charge < -0.3 is 20.5 Å². The first-order valence-corrected chi connectivity index (χ1v) is 12.4. The normalized spacial score (nSPS) is 16.3. The van der Waals surface area contributed by atoms with Gasteiger partial charge in [-0.05, 0) is 56.0 Å². The molecule has 6 rings (SSSR count). The van der Waals surface area contributed by atoms with Crippen molar-refractivity contribution in [3.8, 4) is 11.3 Å². The van der Waals surface area contributed by atoms with Crippen molar-refractivity contribution in [3.63, 3.8) is 0 Å². The first kappa shape index (κ1) is 22.3. The summed E-state index contributed by atoms with van der Waals surface area (Å²) in [5.74, 6) is -0.120. The fourth-order valence-electron chi connectivity index (χ4n) is 4.91. The number of primary amides is 1. The highest BCUT2D eigenvalue weighted by atomic mass is 16.5. The van der Waals surface area contributed by atoms with E-state index in [9.17, 15) is 9.59 Å². The molecule has 0 unspecified atom stereocenters. The largest absolute Gasteiger partial charge is 0.371 e. The monoisotopic (exact) mass is 481 g/mol. The van der Waals surface area contributed by atoms with Gasteiger partial charge in [0.1, 0.15) is 5.69 Å². The molecule has 2 amide bonds. The summed E-state index contributed by atoms with van der Waals surface area (Å²) >= 11 is 0. The van der Waals surface area contributed by atoms with E-state index in [1.807, 2.05) is 60.7 Å². The van der Waals surface area contributed by atoms with Gasteiger partial charge in [0.05, 0.1) is 10.9 Å². The third-order valence-corrected chi connectivity index (χ3v) is 7.14. The fraction of sp³-hybridized carbons (Fsp3) is 0.286. The van der Waals surface area contributed by atoms with Gasteiger partial charge in [0, 0.05) is 47.6 Å². The number of hydrogen-bond acceptors (Lipinski definition) is 6. The average Bonchev–Trinajstić information content (AvgIpc) is 3.68. The van der Waals surface area contributed by atoms with Gasteiger partial charge in [-0.1, -0.05) is 35.5 Å². The number of pyridine rings is 1. The predicted octanol–water partition coefficient (Wildman–Crippen LogP) is 4.72. The van der Waals surface area contributed by atoms with Gasteiger partial charge in [-0.2, -0.15) is 0 Å². The number of amides is 2. The number of rotatable bonds is 6. The third kappa shape index (κ3) is 4.30. The Kier molecular flexibility index (Phi) is 5.64. The zero-order chi connectivity index (χ0) is 24.6. The molecule has 1 aliphatic heterocycles. The lowest BCUT2D eigenvalue weighted by Gasteiger charge is -2.32. The van der Waals surface area contributed by atoms with Crippen LogP contribution in [0.3, 0.4) is 0 Å². The van der Waals surface area contributed by atoms with Crippen molar-refractivity contribution >= 4 is 34.3 Å². The molecule has 3 heterocycles. The quantitative estimate of drug-likeness (QED) is 0.412. The predicted molar refractivity (Wildman–Crippen MR) is 138 cm³/mol. The van der Waals surface area contributed by atoms with Gasteiger partial charge >= 0.3 is 0 Å². The van der Waals surface area contributed by atoms with Gasteiger partial charge in [-0.15, -0.1) is 0 Å². The molecule has 182 valence electrons. The Hall–Kier alpha value is -4.20. The summed E-state index contributed by atoms with van der Waals surface area (Å²) in [7, 11) is 0. The highest BCUT2D eigenvalue weighted by Crippen LogP contribution is 2.41. The topological polar surface area (TPSA) is 114 Å². The van der Waals surface area contributed by atoms with Crippen LogP contribution < -0.4 is 16.0 Å². The molecule has 0 bridgehead atoms. The van der Waals surface area contributed by atoms with Crippen LogP contribution in [-0.2, 0) is 4.79 Å². The summed E-state index contributed by atoms with van der Waals surface area (Å²) in [6.45, 7) is 1.57. The molecule has 36 heavy (non-hydrogen) atoms. The van der Waals surface area contributed by atoms with E-state index in [2.05, 4.69) is 20.4 Å². The Labute approximate surface area is 208 Å². The SMILES string of the molecule is NC(=O)C1CCN(c2ccc(NC(=O)c3cc(C4CC4)nc4onc(-c5ccccc5)c34)cc2)CC1. The first-order valence-electron chi connectivity index (χ1n) is 12.4. The van der Waals surface area contributed by atoms with E-state index in [1.165, 1.54) is 0 Å². The second kappa shape index (κ2) is 9.11. The summed E-state index contributed by atoms with van der Waals surface area (Å²) in [6.07, 6.45) is 3.66. The summed E-state index contributed by atoms with van der Waals surface area (Å²) in [6, 6.07) is 19.4. The van der Waals surface area contributed by atoms with Crippen LogP contribution in [0.1, 0.15) is 47.7 Å². The van der Waals surface area contributed by atoms with E-state index in [-0.39, 0.29) is 17.7 Å². The molecule has 2 aromatic heterocycles. The maximum absolute atomic E-state index is 13.5. The molecular weight excluding hydrogens is 454 g/mol. The van der Waals surface area contributed by atoms with E-state index in [1.54, 1.807) is 0 Å². The molecule has 0 spiro atoms. The van der Waals surface area contributed by atoms with Gasteiger partial charge in [-0.25, -0.2) is 4.98 Å². The fourth-order valence-corrected chi connectivity index (χ4v) is 4.91. The summed E-state index contributed by atoms with van der Waals surface area (Å²) in [5.41, 5.74) is 10.5.